The number of thiophene rings is 1. The molecular weight excluding hydrogens is 406 g/mol. The van der Waals surface area contributed by atoms with Gasteiger partial charge in [0.05, 0.1) is 0 Å². The van der Waals surface area contributed by atoms with Gasteiger partial charge in [0.1, 0.15) is 10.3 Å². The van der Waals surface area contributed by atoms with Crippen LogP contribution in [0.25, 0.3) is 0 Å². The molecular formula is C18H28ClN3O3S2. The van der Waals surface area contributed by atoms with E-state index in [-0.39, 0.29) is 18.3 Å². The summed E-state index contributed by atoms with van der Waals surface area (Å²) in [6.07, 6.45) is 4.41. The maximum atomic E-state index is 13.3. The minimum absolute atomic E-state index is 0. The number of rotatable bonds is 3. The predicted molar refractivity (Wildman–Crippen MR) is 109 cm³/mol. The number of hydrogen-bond acceptors (Lipinski definition) is 5. The summed E-state index contributed by atoms with van der Waals surface area (Å²) < 4.78 is 27.9. The van der Waals surface area contributed by atoms with E-state index in [0.717, 1.165) is 51.9 Å². The van der Waals surface area contributed by atoms with Crippen molar-refractivity contribution in [2.45, 2.75) is 42.4 Å². The van der Waals surface area contributed by atoms with Gasteiger partial charge in [-0.2, -0.15) is 4.31 Å². The van der Waals surface area contributed by atoms with Gasteiger partial charge in [-0.25, -0.2) is 8.42 Å². The SMILES string of the molecule is Cl.O=C(C1CCCCN1S(=O)(=O)c1cccs1)N1CC[C@@H]2CNC[C@@H]2CC1. The van der Waals surface area contributed by atoms with E-state index >= 15 is 0 Å². The lowest BCUT2D eigenvalue weighted by molar-refractivity contribution is -0.136. The molecule has 1 amide bonds. The molecule has 0 aliphatic carbocycles. The minimum Gasteiger partial charge on any atom is -0.341 e. The number of likely N-dealkylation sites (tertiary alicyclic amines) is 1. The first-order valence-electron chi connectivity index (χ1n) is 9.62. The average Bonchev–Trinajstić information content (AvgIpc) is 3.31. The van der Waals surface area contributed by atoms with Crippen LogP contribution < -0.4 is 5.32 Å². The fourth-order valence-electron chi connectivity index (χ4n) is 4.61. The Hall–Kier alpha value is -0.670. The van der Waals surface area contributed by atoms with E-state index in [2.05, 4.69) is 5.32 Å². The van der Waals surface area contributed by atoms with Crippen LogP contribution in [0, 0.1) is 11.8 Å². The van der Waals surface area contributed by atoms with Crippen molar-refractivity contribution in [2.24, 2.45) is 11.8 Å². The van der Waals surface area contributed by atoms with Crippen LogP contribution in [0.3, 0.4) is 0 Å². The van der Waals surface area contributed by atoms with E-state index < -0.39 is 16.1 Å². The van der Waals surface area contributed by atoms with Gasteiger partial charge in [-0.15, -0.1) is 23.7 Å². The van der Waals surface area contributed by atoms with Gasteiger partial charge in [0.25, 0.3) is 10.0 Å². The molecule has 1 aromatic rings. The van der Waals surface area contributed by atoms with E-state index in [1.165, 1.54) is 15.6 Å². The molecule has 4 heterocycles. The Morgan fingerprint density at radius 1 is 1.07 bits per heavy atom. The number of carbonyl (C=O) groups excluding carboxylic acids is 1. The molecule has 0 aromatic carbocycles. The number of amides is 1. The fraction of sp³-hybridized carbons (Fsp3) is 0.722. The standard InChI is InChI=1S/C18H27N3O3S2.ClH/c22-18(20-9-6-14-12-19-13-15(14)7-10-20)16-4-1-2-8-21(16)26(23,24)17-5-3-11-25-17;/h3,5,11,14-16,19H,1-2,4,6-10,12-13H2;1H/t14-,15+,16?;. The first-order chi connectivity index (χ1) is 12.6. The molecule has 1 N–H and O–H groups in total. The lowest BCUT2D eigenvalue weighted by Crippen LogP contribution is -2.53. The van der Waals surface area contributed by atoms with Crippen LogP contribution in [0.2, 0.25) is 0 Å². The minimum atomic E-state index is -3.58. The van der Waals surface area contributed by atoms with Gasteiger partial charge in [0.15, 0.2) is 0 Å². The van der Waals surface area contributed by atoms with Crippen molar-refractivity contribution in [3.05, 3.63) is 17.5 Å². The third-order valence-electron chi connectivity index (χ3n) is 6.13. The summed E-state index contributed by atoms with van der Waals surface area (Å²) in [7, 11) is -3.58. The number of fused-ring (bicyclic) bond motifs is 1. The van der Waals surface area contributed by atoms with Gasteiger partial charge in [-0.05, 0) is 62.1 Å². The van der Waals surface area contributed by atoms with Crippen molar-refractivity contribution in [1.82, 2.24) is 14.5 Å². The number of hydrogen-bond donors (Lipinski definition) is 1. The van der Waals surface area contributed by atoms with E-state index in [1.54, 1.807) is 17.5 Å². The highest BCUT2D eigenvalue weighted by atomic mass is 35.5. The largest absolute Gasteiger partial charge is 0.341 e. The van der Waals surface area contributed by atoms with Crippen molar-refractivity contribution in [3.63, 3.8) is 0 Å². The van der Waals surface area contributed by atoms with Gasteiger partial charge >= 0.3 is 0 Å². The molecule has 6 nitrogen and oxygen atoms in total. The highest BCUT2D eigenvalue weighted by Crippen LogP contribution is 2.31. The van der Waals surface area contributed by atoms with Crippen LogP contribution in [0.5, 0.6) is 0 Å². The quantitative estimate of drug-likeness (QED) is 0.793. The molecule has 0 spiro atoms. The lowest BCUT2D eigenvalue weighted by atomic mass is 9.92. The Bertz CT molecular complexity index is 727. The van der Waals surface area contributed by atoms with Crippen LogP contribution in [0.4, 0.5) is 0 Å². The maximum absolute atomic E-state index is 13.3. The summed E-state index contributed by atoms with van der Waals surface area (Å²) in [4.78, 5) is 15.2. The second kappa shape index (κ2) is 8.78. The van der Waals surface area contributed by atoms with Crippen molar-refractivity contribution in [3.8, 4) is 0 Å². The zero-order valence-corrected chi connectivity index (χ0v) is 17.8. The normalized spacial score (nSPS) is 29.6. The zero-order chi connectivity index (χ0) is 18.1. The third kappa shape index (κ3) is 4.19. The van der Waals surface area contributed by atoms with Crippen molar-refractivity contribution in [1.29, 1.82) is 0 Å². The Labute approximate surface area is 171 Å². The molecule has 1 aromatic heterocycles. The molecule has 0 radical (unpaired) electrons. The van der Waals surface area contributed by atoms with Gasteiger partial charge in [0, 0.05) is 19.6 Å². The van der Waals surface area contributed by atoms with Gasteiger partial charge in [0.2, 0.25) is 5.91 Å². The molecule has 3 atom stereocenters. The second-order valence-electron chi connectivity index (χ2n) is 7.64. The summed E-state index contributed by atoms with van der Waals surface area (Å²) in [6.45, 7) is 4.06. The smallest absolute Gasteiger partial charge is 0.253 e. The van der Waals surface area contributed by atoms with Gasteiger partial charge in [-0.3, -0.25) is 4.79 Å². The highest BCUT2D eigenvalue weighted by molar-refractivity contribution is 7.91. The predicted octanol–water partition coefficient (Wildman–Crippen LogP) is 2.17. The van der Waals surface area contributed by atoms with Crippen molar-refractivity contribution in [2.75, 3.05) is 32.7 Å². The number of nitrogens with one attached hydrogen (secondary N) is 1. The van der Waals surface area contributed by atoms with E-state index in [4.69, 9.17) is 0 Å². The summed E-state index contributed by atoms with van der Waals surface area (Å²) >= 11 is 1.23. The summed E-state index contributed by atoms with van der Waals surface area (Å²) in [5.41, 5.74) is 0. The molecule has 3 saturated heterocycles. The number of piperidine rings is 1. The molecule has 3 aliphatic heterocycles. The van der Waals surface area contributed by atoms with Gasteiger partial charge in [-0.1, -0.05) is 12.5 Å². The number of nitrogens with zero attached hydrogens (tertiary/aromatic N) is 2. The average molecular weight is 434 g/mol. The monoisotopic (exact) mass is 433 g/mol. The second-order valence-corrected chi connectivity index (χ2v) is 10.7. The summed E-state index contributed by atoms with van der Waals surface area (Å²) in [5.74, 6) is 1.33. The lowest BCUT2D eigenvalue weighted by Gasteiger charge is -2.36. The molecule has 3 fully saturated rings. The Balaban J connectivity index is 0.00000210. The number of carbonyl (C=O) groups is 1. The van der Waals surface area contributed by atoms with Crippen LogP contribution in [0.1, 0.15) is 32.1 Å². The van der Waals surface area contributed by atoms with E-state index in [0.29, 0.717) is 29.0 Å². The summed E-state index contributed by atoms with van der Waals surface area (Å²) in [5, 5.41) is 5.23. The zero-order valence-electron chi connectivity index (χ0n) is 15.4. The van der Waals surface area contributed by atoms with E-state index in [9.17, 15) is 13.2 Å². The van der Waals surface area contributed by atoms with Crippen LogP contribution in [0.15, 0.2) is 21.7 Å². The first kappa shape index (κ1) is 21.0. The molecule has 0 saturated carbocycles. The molecule has 9 heteroatoms. The van der Waals surface area contributed by atoms with Crippen LogP contribution >= 0.6 is 23.7 Å². The topological polar surface area (TPSA) is 69.7 Å². The summed E-state index contributed by atoms with van der Waals surface area (Å²) in [6, 6.07) is 2.85. The molecule has 3 aliphatic rings. The van der Waals surface area contributed by atoms with Crippen molar-refractivity contribution < 1.29 is 13.2 Å². The van der Waals surface area contributed by atoms with Crippen molar-refractivity contribution >= 4 is 39.7 Å². The Morgan fingerprint density at radius 2 is 1.78 bits per heavy atom. The van der Waals surface area contributed by atoms with Gasteiger partial charge < -0.3 is 10.2 Å². The molecule has 1 unspecified atom stereocenters. The molecule has 4 rings (SSSR count). The Kier molecular flexibility index (Phi) is 6.84. The first-order valence-corrected chi connectivity index (χ1v) is 11.9. The van der Waals surface area contributed by atoms with Crippen LogP contribution in [-0.2, 0) is 14.8 Å². The number of sulfonamides is 1. The fourth-order valence-corrected chi connectivity index (χ4v) is 7.38. The Morgan fingerprint density at radius 3 is 2.41 bits per heavy atom. The van der Waals surface area contributed by atoms with E-state index in [1.807, 2.05) is 4.90 Å². The highest BCUT2D eigenvalue weighted by Gasteiger charge is 2.41. The molecule has 0 bridgehead atoms. The third-order valence-corrected chi connectivity index (χ3v) is 9.41. The number of halogens is 1. The van der Waals surface area contributed by atoms with Crippen LogP contribution in [-0.4, -0.2) is 62.3 Å². The molecule has 27 heavy (non-hydrogen) atoms. The molecule has 152 valence electrons. The maximum Gasteiger partial charge on any atom is 0.253 e.